The fraction of sp³-hybridized carbons (Fsp3) is 0.857. The van der Waals surface area contributed by atoms with Gasteiger partial charge < -0.3 is 10.5 Å². The zero-order valence-corrected chi connectivity index (χ0v) is 7.08. The molecule has 1 aliphatic rings. The van der Waals surface area contributed by atoms with E-state index in [-0.39, 0.29) is 6.10 Å². The minimum Gasteiger partial charge on any atom is -0.373 e. The summed E-state index contributed by atoms with van der Waals surface area (Å²) in [5.74, 6) is 0. The van der Waals surface area contributed by atoms with Crippen LogP contribution in [0.2, 0.25) is 0 Å². The Morgan fingerprint density at radius 1 is 1.75 bits per heavy atom. The summed E-state index contributed by atoms with van der Waals surface area (Å²) in [5.41, 5.74) is 6.83. The number of urea groups is 1. The summed E-state index contributed by atoms with van der Waals surface area (Å²) in [7, 11) is 0. The number of ether oxygens (including phenoxy) is 1. The van der Waals surface area contributed by atoms with Crippen LogP contribution in [0, 0.1) is 0 Å². The summed E-state index contributed by atoms with van der Waals surface area (Å²) < 4.78 is 5.43. The number of rotatable bonds is 3. The van der Waals surface area contributed by atoms with Gasteiger partial charge in [0.2, 0.25) is 0 Å². The standard InChI is InChI=1S/C7H14N2O3/c1-5-2-3-6(12-5)4-11-9-7(8)10/h5-6H,2-4H2,1H3,(H3,8,9,10). The second-order valence-corrected chi connectivity index (χ2v) is 2.92. The first-order valence-electron chi connectivity index (χ1n) is 4.01. The maximum atomic E-state index is 10.2. The van der Waals surface area contributed by atoms with E-state index in [0.717, 1.165) is 12.8 Å². The molecule has 0 aliphatic carbocycles. The highest BCUT2D eigenvalue weighted by atomic mass is 16.7. The van der Waals surface area contributed by atoms with Gasteiger partial charge in [0, 0.05) is 0 Å². The molecule has 5 nitrogen and oxygen atoms in total. The molecular weight excluding hydrogens is 160 g/mol. The molecule has 5 heteroatoms. The van der Waals surface area contributed by atoms with Crippen molar-refractivity contribution in [1.29, 1.82) is 0 Å². The van der Waals surface area contributed by atoms with Crippen LogP contribution in [0.5, 0.6) is 0 Å². The average Bonchev–Trinajstić information content (AvgIpc) is 2.35. The van der Waals surface area contributed by atoms with Crippen molar-refractivity contribution in [2.45, 2.75) is 32.0 Å². The van der Waals surface area contributed by atoms with E-state index >= 15 is 0 Å². The van der Waals surface area contributed by atoms with Crippen molar-refractivity contribution >= 4 is 6.03 Å². The van der Waals surface area contributed by atoms with E-state index in [9.17, 15) is 4.79 Å². The van der Waals surface area contributed by atoms with Gasteiger partial charge in [-0.3, -0.25) is 4.84 Å². The van der Waals surface area contributed by atoms with E-state index in [0.29, 0.717) is 12.7 Å². The molecule has 2 unspecified atom stereocenters. The zero-order chi connectivity index (χ0) is 8.97. The lowest BCUT2D eigenvalue weighted by molar-refractivity contribution is -0.0323. The van der Waals surface area contributed by atoms with Gasteiger partial charge in [0.1, 0.15) is 6.61 Å². The predicted octanol–water partition coefficient (Wildman–Crippen LogP) is 0.154. The third kappa shape index (κ3) is 3.06. The molecule has 0 spiro atoms. The molecule has 2 atom stereocenters. The Morgan fingerprint density at radius 2 is 2.50 bits per heavy atom. The summed E-state index contributed by atoms with van der Waals surface area (Å²) in [6.07, 6.45) is 2.41. The number of carbonyl (C=O) groups excluding carboxylic acids is 1. The van der Waals surface area contributed by atoms with Crippen molar-refractivity contribution in [3.8, 4) is 0 Å². The van der Waals surface area contributed by atoms with E-state index in [2.05, 4.69) is 0 Å². The highest BCUT2D eigenvalue weighted by molar-refractivity contribution is 5.70. The van der Waals surface area contributed by atoms with Crippen molar-refractivity contribution in [3.63, 3.8) is 0 Å². The molecule has 12 heavy (non-hydrogen) atoms. The number of hydrogen-bond acceptors (Lipinski definition) is 3. The monoisotopic (exact) mass is 174 g/mol. The van der Waals surface area contributed by atoms with Gasteiger partial charge in [-0.05, 0) is 19.8 Å². The molecule has 0 aromatic carbocycles. The van der Waals surface area contributed by atoms with E-state index < -0.39 is 6.03 Å². The smallest absolute Gasteiger partial charge is 0.336 e. The number of hydroxylamine groups is 1. The van der Waals surface area contributed by atoms with Gasteiger partial charge in [-0.25, -0.2) is 10.3 Å². The number of carbonyl (C=O) groups is 1. The fourth-order valence-corrected chi connectivity index (χ4v) is 1.21. The number of nitrogens with one attached hydrogen (secondary N) is 1. The van der Waals surface area contributed by atoms with Gasteiger partial charge >= 0.3 is 6.03 Å². The molecule has 3 N–H and O–H groups in total. The number of primary amides is 1. The van der Waals surface area contributed by atoms with Crippen LogP contribution in [0.3, 0.4) is 0 Å². The zero-order valence-electron chi connectivity index (χ0n) is 7.08. The summed E-state index contributed by atoms with van der Waals surface area (Å²) in [4.78, 5) is 15.0. The Morgan fingerprint density at radius 3 is 3.00 bits per heavy atom. The SMILES string of the molecule is CC1CCC(CONC(N)=O)O1. The predicted molar refractivity (Wildman–Crippen MR) is 42.2 cm³/mol. The minimum absolute atomic E-state index is 0.0897. The molecule has 0 aromatic heterocycles. The van der Waals surface area contributed by atoms with Gasteiger partial charge in [0.15, 0.2) is 0 Å². The lowest BCUT2D eigenvalue weighted by atomic mass is 10.2. The third-order valence-corrected chi connectivity index (χ3v) is 1.76. The molecule has 0 saturated carbocycles. The van der Waals surface area contributed by atoms with Crippen LogP contribution in [0.4, 0.5) is 4.79 Å². The van der Waals surface area contributed by atoms with Gasteiger partial charge in [-0.2, -0.15) is 0 Å². The van der Waals surface area contributed by atoms with Crippen molar-refractivity contribution in [1.82, 2.24) is 5.48 Å². The number of amides is 2. The van der Waals surface area contributed by atoms with Gasteiger partial charge in [-0.1, -0.05) is 0 Å². The highest BCUT2D eigenvalue weighted by Crippen LogP contribution is 2.18. The van der Waals surface area contributed by atoms with E-state index in [4.69, 9.17) is 15.3 Å². The quantitative estimate of drug-likeness (QED) is 0.598. The van der Waals surface area contributed by atoms with Crippen LogP contribution < -0.4 is 11.2 Å². The Bertz CT molecular complexity index is 163. The average molecular weight is 174 g/mol. The van der Waals surface area contributed by atoms with Crippen LogP contribution in [0.25, 0.3) is 0 Å². The van der Waals surface area contributed by atoms with Crippen molar-refractivity contribution in [2.24, 2.45) is 5.73 Å². The van der Waals surface area contributed by atoms with Gasteiger partial charge in [0.25, 0.3) is 0 Å². The van der Waals surface area contributed by atoms with Crippen molar-refractivity contribution in [2.75, 3.05) is 6.61 Å². The second-order valence-electron chi connectivity index (χ2n) is 2.92. The summed E-state index contributed by atoms with van der Waals surface area (Å²) in [6.45, 7) is 2.38. The second kappa shape index (κ2) is 4.27. The first kappa shape index (κ1) is 9.28. The lowest BCUT2D eigenvalue weighted by Gasteiger charge is -2.10. The molecule has 70 valence electrons. The van der Waals surface area contributed by atoms with Crippen LogP contribution in [0.1, 0.15) is 19.8 Å². The van der Waals surface area contributed by atoms with Crippen LogP contribution in [-0.4, -0.2) is 24.8 Å². The molecule has 1 fully saturated rings. The van der Waals surface area contributed by atoms with Gasteiger partial charge in [0.05, 0.1) is 12.2 Å². The summed E-state index contributed by atoms with van der Waals surface area (Å²) >= 11 is 0. The van der Waals surface area contributed by atoms with Crippen molar-refractivity contribution < 1.29 is 14.4 Å². The molecule has 0 radical (unpaired) electrons. The van der Waals surface area contributed by atoms with Crippen LogP contribution in [-0.2, 0) is 9.57 Å². The minimum atomic E-state index is -0.680. The Balaban J connectivity index is 2.04. The summed E-state index contributed by atoms with van der Waals surface area (Å²) in [6, 6.07) is -0.680. The van der Waals surface area contributed by atoms with Crippen LogP contribution >= 0.6 is 0 Å². The molecular formula is C7H14N2O3. The molecule has 1 heterocycles. The molecule has 0 aromatic rings. The molecule has 2 amide bonds. The molecule has 0 bridgehead atoms. The summed E-state index contributed by atoms with van der Waals surface area (Å²) in [5, 5.41) is 0. The molecule has 1 aliphatic heterocycles. The number of nitrogens with two attached hydrogens (primary N) is 1. The highest BCUT2D eigenvalue weighted by Gasteiger charge is 2.21. The Kier molecular flexibility index (Phi) is 3.31. The third-order valence-electron chi connectivity index (χ3n) is 1.76. The maximum Gasteiger partial charge on any atom is 0.336 e. The lowest BCUT2D eigenvalue weighted by Crippen LogP contribution is -2.32. The first-order chi connectivity index (χ1) is 5.68. The molecule has 1 rings (SSSR count). The normalized spacial score (nSPS) is 28.8. The van der Waals surface area contributed by atoms with Crippen LogP contribution in [0.15, 0.2) is 0 Å². The molecule has 1 saturated heterocycles. The van der Waals surface area contributed by atoms with E-state index in [1.54, 1.807) is 0 Å². The Hall–Kier alpha value is -0.810. The fourth-order valence-electron chi connectivity index (χ4n) is 1.21. The Labute approximate surface area is 71.2 Å². The largest absolute Gasteiger partial charge is 0.373 e. The van der Waals surface area contributed by atoms with Crippen molar-refractivity contribution in [3.05, 3.63) is 0 Å². The topological polar surface area (TPSA) is 73.6 Å². The van der Waals surface area contributed by atoms with E-state index in [1.807, 2.05) is 12.4 Å². The van der Waals surface area contributed by atoms with Gasteiger partial charge in [-0.15, -0.1) is 0 Å². The maximum absolute atomic E-state index is 10.2. The first-order valence-corrected chi connectivity index (χ1v) is 4.01. The van der Waals surface area contributed by atoms with E-state index in [1.165, 1.54) is 0 Å². The number of hydrogen-bond donors (Lipinski definition) is 2.